The van der Waals surface area contributed by atoms with Crippen molar-refractivity contribution >= 4 is 5.96 Å². The monoisotopic (exact) mass is 406 g/mol. The van der Waals surface area contributed by atoms with Gasteiger partial charge in [-0.3, -0.25) is 9.48 Å². The highest BCUT2D eigenvalue weighted by Gasteiger charge is 2.04. The molecule has 0 saturated heterocycles. The van der Waals surface area contributed by atoms with Crippen LogP contribution in [0, 0.1) is 0 Å². The van der Waals surface area contributed by atoms with Gasteiger partial charge in [0.1, 0.15) is 0 Å². The van der Waals surface area contributed by atoms with E-state index in [-0.39, 0.29) is 5.56 Å². The third-order valence-electron chi connectivity index (χ3n) is 4.78. The molecule has 0 atom stereocenters. The Labute approximate surface area is 177 Å². The third kappa shape index (κ3) is 6.62. The molecular formula is C23H30N6O. The molecule has 2 N–H and O–H groups in total. The number of pyridine rings is 1. The molecule has 2 aromatic heterocycles. The maximum absolute atomic E-state index is 11.7. The number of hydrogen-bond acceptors (Lipinski definition) is 3. The zero-order valence-corrected chi connectivity index (χ0v) is 17.5. The van der Waals surface area contributed by atoms with Crippen LogP contribution in [-0.4, -0.2) is 33.4 Å². The van der Waals surface area contributed by atoms with E-state index in [1.54, 1.807) is 22.9 Å². The zero-order chi connectivity index (χ0) is 21.0. The predicted octanol–water partition coefficient (Wildman–Crippen LogP) is 2.63. The summed E-state index contributed by atoms with van der Waals surface area (Å²) in [6.07, 6.45) is 7.49. The topological polar surface area (TPSA) is 76.2 Å². The molecule has 1 aromatic carbocycles. The fraction of sp³-hybridized carbons (Fsp3) is 0.348. The molecule has 7 nitrogen and oxygen atoms in total. The smallest absolute Gasteiger partial charge is 0.250 e. The van der Waals surface area contributed by atoms with Crippen molar-refractivity contribution in [1.82, 2.24) is 25.0 Å². The van der Waals surface area contributed by atoms with Gasteiger partial charge in [0, 0.05) is 44.3 Å². The van der Waals surface area contributed by atoms with Gasteiger partial charge in [0.25, 0.3) is 0 Å². The van der Waals surface area contributed by atoms with E-state index in [4.69, 9.17) is 4.99 Å². The van der Waals surface area contributed by atoms with Gasteiger partial charge in [-0.2, -0.15) is 5.10 Å². The molecule has 0 aliphatic rings. The van der Waals surface area contributed by atoms with Crippen molar-refractivity contribution in [2.75, 3.05) is 13.1 Å². The van der Waals surface area contributed by atoms with Gasteiger partial charge >= 0.3 is 0 Å². The molecule has 0 spiro atoms. The van der Waals surface area contributed by atoms with Crippen molar-refractivity contribution in [2.24, 2.45) is 4.99 Å². The van der Waals surface area contributed by atoms with Crippen LogP contribution in [0.25, 0.3) is 0 Å². The first-order chi connectivity index (χ1) is 14.8. The minimum atomic E-state index is 0.0501. The number of hydrogen-bond donors (Lipinski definition) is 2. The van der Waals surface area contributed by atoms with Crippen LogP contribution in [0.15, 0.2) is 76.9 Å². The first kappa shape index (κ1) is 21.4. The minimum Gasteiger partial charge on any atom is -0.357 e. The highest BCUT2D eigenvalue weighted by Crippen LogP contribution is 2.11. The van der Waals surface area contributed by atoms with Crippen molar-refractivity contribution in [3.63, 3.8) is 0 Å². The lowest BCUT2D eigenvalue weighted by atomic mass is 10.1. The van der Waals surface area contributed by atoms with Crippen LogP contribution in [-0.2, 0) is 19.6 Å². The van der Waals surface area contributed by atoms with E-state index in [0.29, 0.717) is 6.54 Å². The Morgan fingerprint density at radius 3 is 2.60 bits per heavy atom. The number of aliphatic imine (C=N–C) groups is 1. The van der Waals surface area contributed by atoms with Crippen LogP contribution >= 0.6 is 0 Å². The number of nitrogens with zero attached hydrogens (tertiary/aromatic N) is 4. The maximum atomic E-state index is 11.7. The minimum absolute atomic E-state index is 0.0501. The second-order valence-electron chi connectivity index (χ2n) is 7.03. The van der Waals surface area contributed by atoms with Crippen LogP contribution in [0.3, 0.4) is 0 Å². The summed E-state index contributed by atoms with van der Waals surface area (Å²) in [6, 6.07) is 15.5. The molecule has 0 unspecified atom stereocenters. The van der Waals surface area contributed by atoms with Crippen molar-refractivity contribution < 1.29 is 0 Å². The fourth-order valence-electron chi connectivity index (χ4n) is 3.20. The van der Waals surface area contributed by atoms with E-state index in [1.165, 1.54) is 11.1 Å². The first-order valence-electron chi connectivity index (χ1n) is 10.5. The van der Waals surface area contributed by atoms with Gasteiger partial charge in [-0.1, -0.05) is 30.3 Å². The third-order valence-corrected chi connectivity index (χ3v) is 4.78. The summed E-state index contributed by atoms with van der Waals surface area (Å²) in [4.78, 5) is 16.5. The number of rotatable bonds is 10. The van der Waals surface area contributed by atoms with Crippen LogP contribution < -0.4 is 16.2 Å². The van der Waals surface area contributed by atoms with E-state index in [0.717, 1.165) is 45.0 Å². The molecule has 7 heteroatoms. The van der Waals surface area contributed by atoms with E-state index in [9.17, 15) is 4.79 Å². The normalized spacial score (nSPS) is 11.4. The molecule has 0 amide bonds. The van der Waals surface area contributed by atoms with Crippen molar-refractivity contribution in [1.29, 1.82) is 0 Å². The lowest BCUT2D eigenvalue weighted by Gasteiger charge is -2.13. The Balaban J connectivity index is 1.51. The number of unbranched alkanes of at least 4 members (excludes halogenated alkanes) is 1. The largest absolute Gasteiger partial charge is 0.357 e. The number of guanidine groups is 1. The molecule has 0 saturated carbocycles. The highest BCUT2D eigenvalue weighted by atomic mass is 16.1. The van der Waals surface area contributed by atoms with Gasteiger partial charge in [-0.25, -0.2) is 4.99 Å². The van der Waals surface area contributed by atoms with Crippen molar-refractivity contribution in [2.45, 2.75) is 39.4 Å². The Morgan fingerprint density at radius 1 is 1.00 bits per heavy atom. The number of benzene rings is 1. The molecule has 2 heterocycles. The Kier molecular flexibility index (Phi) is 8.26. The number of nitrogens with one attached hydrogen (secondary N) is 2. The summed E-state index contributed by atoms with van der Waals surface area (Å²) in [5.74, 6) is 0.809. The summed E-state index contributed by atoms with van der Waals surface area (Å²) in [5, 5.41) is 11.0. The van der Waals surface area contributed by atoms with Crippen molar-refractivity contribution in [3.05, 3.63) is 88.6 Å². The second kappa shape index (κ2) is 11.6. The molecule has 3 rings (SSSR count). The lowest BCUT2D eigenvalue weighted by Crippen LogP contribution is -2.37. The summed E-state index contributed by atoms with van der Waals surface area (Å²) in [5.41, 5.74) is 2.46. The van der Waals surface area contributed by atoms with Crippen LogP contribution in [0.4, 0.5) is 0 Å². The zero-order valence-electron chi connectivity index (χ0n) is 17.5. The van der Waals surface area contributed by atoms with E-state index in [2.05, 4.69) is 34.8 Å². The molecule has 0 aliphatic carbocycles. The van der Waals surface area contributed by atoms with Crippen molar-refractivity contribution in [3.8, 4) is 0 Å². The first-order valence-corrected chi connectivity index (χ1v) is 10.5. The number of aryl methyl sites for hydroxylation is 1. The predicted molar refractivity (Wildman–Crippen MR) is 121 cm³/mol. The average molecular weight is 407 g/mol. The molecule has 0 radical (unpaired) electrons. The molecule has 3 aromatic rings. The molecule has 0 bridgehead atoms. The maximum Gasteiger partial charge on any atom is 0.250 e. The summed E-state index contributed by atoms with van der Waals surface area (Å²) in [7, 11) is 0. The second-order valence-corrected chi connectivity index (χ2v) is 7.03. The van der Waals surface area contributed by atoms with Gasteiger partial charge in [-0.05, 0) is 43.0 Å². The van der Waals surface area contributed by atoms with Gasteiger partial charge in [0.05, 0.1) is 13.1 Å². The molecule has 0 fully saturated rings. The summed E-state index contributed by atoms with van der Waals surface area (Å²) in [6.45, 7) is 5.75. The average Bonchev–Trinajstić information content (AvgIpc) is 3.27. The fourth-order valence-corrected chi connectivity index (χ4v) is 3.20. The quantitative estimate of drug-likeness (QED) is 0.308. The Morgan fingerprint density at radius 2 is 1.83 bits per heavy atom. The SMILES string of the molecule is CCNC(=NCc1ccccc1Cn1cccn1)NCCCCn1ccccc1=O. The summed E-state index contributed by atoms with van der Waals surface area (Å²) >= 11 is 0. The van der Waals surface area contributed by atoms with Gasteiger partial charge < -0.3 is 15.2 Å². The molecule has 30 heavy (non-hydrogen) atoms. The number of aromatic nitrogens is 3. The van der Waals surface area contributed by atoms with Gasteiger partial charge in [0.2, 0.25) is 5.56 Å². The Hall–Kier alpha value is -3.35. The van der Waals surface area contributed by atoms with Crippen LogP contribution in [0.1, 0.15) is 30.9 Å². The molecular weight excluding hydrogens is 376 g/mol. The standard InChI is InChI=1S/C23H30N6O/c1-2-24-23(25-13-6-8-16-28-15-7-5-12-22(28)30)26-18-20-10-3-4-11-21(20)19-29-17-9-14-27-29/h3-5,7,9-12,14-15,17H,2,6,8,13,16,18-19H2,1H3,(H2,24,25,26). The van der Waals surface area contributed by atoms with E-state index < -0.39 is 0 Å². The van der Waals surface area contributed by atoms with Gasteiger partial charge in [0.15, 0.2) is 5.96 Å². The molecule has 0 aliphatic heterocycles. The van der Waals surface area contributed by atoms with Crippen LogP contribution in [0.5, 0.6) is 0 Å². The van der Waals surface area contributed by atoms with E-state index >= 15 is 0 Å². The van der Waals surface area contributed by atoms with Crippen LogP contribution in [0.2, 0.25) is 0 Å². The molecule has 158 valence electrons. The van der Waals surface area contributed by atoms with Gasteiger partial charge in [-0.15, -0.1) is 0 Å². The highest BCUT2D eigenvalue weighted by molar-refractivity contribution is 5.79. The van der Waals surface area contributed by atoms with E-state index in [1.807, 2.05) is 41.3 Å². The summed E-state index contributed by atoms with van der Waals surface area (Å²) < 4.78 is 3.67. The lowest BCUT2D eigenvalue weighted by molar-refractivity contribution is 0.585. The Bertz CT molecular complexity index is 977.